The third-order valence-corrected chi connectivity index (χ3v) is 7.54. The second-order valence-corrected chi connectivity index (χ2v) is 11.1. The van der Waals surface area contributed by atoms with Gasteiger partial charge in [-0.15, -0.1) is 0 Å². The SMILES string of the molecule is CC(C)(CCn1cnc2ccc([N+](=O)[O-])cc21)NCC(O)c1cccc(NS(=O)(=O)c2ccccc2)c1. The second-order valence-electron chi connectivity index (χ2n) is 9.44. The summed E-state index contributed by atoms with van der Waals surface area (Å²) < 4.78 is 29.7. The fraction of sp³-hybridized carbons (Fsp3) is 0.269. The highest BCUT2D eigenvalue weighted by Crippen LogP contribution is 2.23. The number of hydrogen-bond acceptors (Lipinski definition) is 7. The molecule has 1 atom stereocenters. The molecule has 194 valence electrons. The molecule has 0 aliphatic rings. The van der Waals surface area contributed by atoms with Gasteiger partial charge in [-0.05, 0) is 56.2 Å². The smallest absolute Gasteiger partial charge is 0.271 e. The van der Waals surface area contributed by atoms with Crippen LogP contribution in [0.4, 0.5) is 11.4 Å². The summed E-state index contributed by atoms with van der Waals surface area (Å²) in [4.78, 5) is 15.2. The van der Waals surface area contributed by atoms with Crippen LogP contribution in [0.2, 0.25) is 0 Å². The molecule has 3 aromatic carbocycles. The molecule has 1 heterocycles. The van der Waals surface area contributed by atoms with Gasteiger partial charge >= 0.3 is 0 Å². The van der Waals surface area contributed by atoms with Crippen molar-refractivity contribution < 1.29 is 18.4 Å². The summed E-state index contributed by atoms with van der Waals surface area (Å²) >= 11 is 0. The van der Waals surface area contributed by atoms with Crippen LogP contribution >= 0.6 is 0 Å². The van der Waals surface area contributed by atoms with Crippen LogP contribution in [-0.4, -0.2) is 40.1 Å². The van der Waals surface area contributed by atoms with Gasteiger partial charge in [0.25, 0.3) is 15.7 Å². The van der Waals surface area contributed by atoms with Crippen molar-refractivity contribution in [3.63, 3.8) is 0 Å². The van der Waals surface area contributed by atoms with Gasteiger partial charge in [0.2, 0.25) is 0 Å². The minimum Gasteiger partial charge on any atom is -0.387 e. The number of nitro groups is 1. The summed E-state index contributed by atoms with van der Waals surface area (Å²) in [5, 5.41) is 25.3. The van der Waals surface area contributed by atoms with Crippen molar-refractivity contribution in [1.29, 1.82) is 0 Å². The first-order valence-corrected chi connectivity index (χ1v) is 13.2. The number of imidazole rings is 1. The van der Waals surface area contributed by atoms with Gasteiger partial charge in [0.05, 0.1) is 33.3 Å². The molecule has 0 fully saturated rings. The number of aromatic nitrogens is 2. The van der Waals surface area contributed by atoms with Crippen molar-refractivity contribution in [3.05, 3.63) is 94.8 Å². The molecule has 1 aromatic heterocycles. The number of nitrogens with one attached hydrogen (secondary N) is 2. The molecule has 0 saturated carbocycles. The largest absolute Gasteiger partial charge is 0.387 e. The van der Waals surface area contributed by atoms with E-state index in [0.29, 0.717) is 35.2 Å². The standard InChI is InChI=1S/C26H29N5O5S/c1-26(2,13-14-30-18-27-23-12-11-21(31(33)34)16-24(23)30)28-17-25(32)19-7-6-8-20(15-19)29-37(35,36)22-9-4-3-5-10-22/h3-12,15-16,18,25,28-29,32H,13-14,17H2,1-2H3. The summed E-state index contributed by atoms with van der Waals surface area (Å²) in [5.41, 5.74) is 1.97. The molecule has 11 heteroatoms. The van der Waals surface area contributed by atoms with Crippen LogP contribution in [0.25, 0.3) is 11.0 Å². The maximum Gasteiger partial charge on any atom is 0.271 e. The van der Waals surface area contributed by atoms with Gasteiger partial charge in [0, 0.05) is 36.4 Å². The molecule has 0 bridgehead atoms. The normalized spacial score (nSPS) is 12.9. The lowest BCUT2D eigenvalue weighted by molar-refractivity contribution is -0.384. The van der Waals surface area contributed by atoms with Crippen LogP contribution in [0.1, 0.15) is 31.9 Å². The predicted molar refractivity (Wildman–Crippen MR) is 142 cm³/mol. The van der Waals surface area contributed by atoms with Crippen molar-refractivity contribution >= 4 is 32.4 Å². The zero-order chi connectivity index (χ0) is 26.6. The number of hydrogen-bond donors (Lipinski definition) is 3. The molecule has 0 radical (unpaired) electrons. The van der Waals surface area contributed by atoms with Crippen LogP contribution in [-0.2, 0) is 16.6 Å². The number of fused-ring (bicyclic) bond motifs is 1. The number of aliphatic hydroxyl groups excluding tert-OH is 1. The van der Waals surface area contributed by atoms with E-state index in [0.717, 1.165) is 0 Å². The van der Waals surface area contributed by atoms with Gasteiger partial charge < -0.3 is 15.0 Å². The first-order chi connectivity index (χ1) is 17.5. The highest BCUT2D eigenvalue weighted by atomic mass is 32.2. The van der Waals surface area contributed by atoms with E-state index in [1.54, 1.807) is 54.9 Å². The molecule has 4 rings (SSSR count). The Morgan fingerprint density at radius 3 is 2.57 bits per heavy atom. The Hall–Kier alpha value is -3.80. The molecule has 3 N–H and O–H groups in total. The Bertz CT molecular complexity index is 1500. The quantitative estimate of drug-likeness (QED) is 0.197. The van der Waals surface area contributed by atoms with E-state index in [-0.39, 0.29) is 22.7 Å². The Morgan fingerprint density at radius 1 is 1.08 bits per heavy atom. The highest BCUT2D eigenvalue weighted by molar-refractivity contribution is 7.92. The molecule has 4 aromatic rings. The monoisotopic (exact) mass is 523 g/mol. The van der Waals surface area contributed by atoms with E-state index in [1.807, 2.05) is 18.4 Å². The number of nitro benzene ring substituents is 1. The van der Waals surface area contributed by atoms with Gasteiger partial charge in [-0.2, -0.15) is 0 Å². The van der Waals surface area contributed by atoms with Crippen LogP contribution in [0.3, 0.4) is 0 Å². The molecule has 0 spiro atoms. The molecule has 0 amide bonds. The van der Waals surface area contributed by atoms with Crippen molar-refractivity contribution in [2.24, 2.45) is 0 Å². The Kier molecular flexibility index (Phi) is 7.58. The molecule has 0 aliphatic heterocycles. The molecule has 37 heavy (non-hydrogen) atoms. The summed E-state index contributed by atoms with van der Waals surface area (Å²) in [6, 6.07) is 19.4. The van der Waals surface area contributed by atoms with Crippen molar-refractivity contribution in [3.8, 4) is 0 Å². The summed E-state index contributed by atoms with van der Waals surface area (Å²) in [5.74, 6) is 0. The Balaban J connectivity index is 1.37. The van der Waals surface area contributed by atoms with Crippen LogP contribution < -0.4 is 10.0 Å². The van der Waals surface area contributed by atoms with Crippen LogP contribution in [0.15, 0.2) is 84.0 Å². The van der Waals surface area contributed by atoms with E-state index < -0.39 is 21.1 Å². The van der Waals surface area contributed by atoms with Crippen molar-refractivity contribution in [2.75, 3.05) is 11.3 Å². The number of nitrogens with zero attached hydrogens (tertiary/aromatic N) is 3. The van der Waals surface area contributed by atoms with Gasteiger partial charge in [-0.3, -0.25) is 14.8 Å². The lowest BCUT2D eigenvalue weighted by atomic mass is 9.99. The van der Waals surface area contributed by atoms with E-state index in [4.69, 9.17) is 0 Å². The van der Waals surface area contributed by atoms with Crippen LogP contribution in [0.5, 0.6) is 0 Å². The third-order valence-electron chi connectivity index (χ3n) is 6.14. The number of anilines is 1. The van der Waals surface area contributed by atoms with Gasteiger partial charge in [-0.25, -0.2) is 13.4 Å². The molecular weight excluding hydrogens is 494 g/mol. The van der Waals surface area contributed by atoms with E-state index in [1.165, 1.54) is 24.3 Å². The van der Waals surface area contributed by atoms with Crippen LogP contribution in [0, 0.1) is 10.1 Å². The fourth-order valence-corrected chi connectivity index (χ4v) is 5.01. The maximum atomic E-state index is 12.6. The summed E-state index contributed by atoms with van der Waals surface area (Å²) in [6.45, 7) is 4.83. The van der Waals surface area contributed by atoms with Gasteiger partial charge in [-0.1, -0.05) is 30.3 Å². The second kappa shape index (κ2) is 10.7. The minimum atomic E-state index is -3.74. The highest BCUT2D eigenvalue weighted by Gasteiger charge is 2.21. The zero-order valence-corrected chi connectivity index (χ0v) is 21.4. The molecule has 10 nitrogen and oxygen atoms in total. The molecular formula is C26H29N5O5S. The average molecular weight is 524 g/mol. The van der Waals surface area contributed by atoms with Crippen molar-refractivity contribution in [1.82, 2.24) is 14.9 Å². The fourth-order valence-electron chi connectivity index (χ4n) is 3.94. The number of non-ortho nitro benzene ring substituents is 1. The number of aryl methyl sites for hydroxylation is 1. The summed E-state index contributed by atoms with van der Waals surface area (Å²) in [6.07, 6.45) is 1.48. The van der Waals surface area contributed by atoms with Gasteiger partial charge in [0.15, 0.2) is 0 Å². The lowest BCUT2D eigenvalue weighted by Gasteiger charge is -2.28. The lowest BCUT2D eigenvalue weighted by Crippen LogP contribution is -2.42. The minimum absolute atomic E-state index is 0.0167. The van der Waals surface area contributed by atoms with E-state index >= 15 is 0 Å². The molecule has 0 saturated heterocycles. The number of rotatable bonds is 11. The molecule has 1 unspecified atom stereocenters. The topological polar surface area (TPSA) is 139 Å². The van der Waals surface area contributed by atoms with E-state index in [2.05, 4.69) is 15.0 Å². The number of sulfonamides is 1. The third kappa shape index (κ3) is 6.50. The molecule has 0 aliphatic carbocycles. The average Bonchev–Trinajstić information content (AvgIpc) is 3.29. The Labute approximate surface area is 215 Å². The number of benzene rings is 3. The first-order valence-electron chi connectivity index (χ1n) is 11.7. The first kappa shape index (κ1) is 26.3. The van der Waals surface area contributed by atoms with Crippen molar-refractivity contribution in [2.45, 2.75) is 43.4 Å². The number of aliphatic hydroxyl groups is 1. The zero-order valence-electron chi connectivity index (χ0n) is 20.5. The number of β-amino-alcohol motifs (C(OH)–C–C–N with tert-alkyl or cyclic N) is 1. The van der Waals surface area contributed by atoms with E-state index in [9.17, 15) is 23.6 Å². The maximum absolute atomic E-state index is 12.6. The van der Waals surface area contributed by atoms with Gasteiger partial charge in [0.1, 0.15) is 0 Å². The summed E-state index contributed by atoms with van der Waals surface area (Å²) in [7, 11) is -3.74. The Morgan fingerprint density at radius 2 is 1.84 bits per heavy atom. The predicted octanol–water partition coefficient (Wildman–Crippen LogP) is 4.24.